The molecule has 1 aliphatic heterocycles. The first kappa shape index (κ1) is 15.1. The molecule has 0 bridgehead atoms. The minimum absolute atomic E-state index is 0.185. The molecule has 0 fully saturated rings. The van der Waals surface area contributed by atoms with Crippen molar-refractivity contribution < 1.29 is 14.3 Å². The quantitative estimate of drug-likeness (QED) is 0.699. The van der Waals surface area contributed by atoms with E-state index in [2.05, 4.69) is 30.4 Å². The highest BCUT2D eigenvalue weighted by Crippen LogP contribution is 2.32. The molecule has 1 amide bonds. The molecule has 0 spiro atoms. The molecule has 118 valence electrons. The summed E-state index contributed by atoms with van der Waals surface area (Å²) < 4.78 is 10.5. The van der Waals surface area contributed by atoms with Gasteiger partial charge in [-0.3, -0.25) is 4.79 Å². The Morgan fingerprint density at radius 2 is 1.74 bits per heavy atom. The fourth-order valence-electron chi connectivity index (χ4n) is 2.27. The number of benzene rings is 2. The lowest BCUT2D eigenvalue weighted by Gasteiger charge is -2.06. The Kier molecular flexibility index (Phi) is 4.02. The van der Waals surface area contributed by atoms with Gasteiger partial charge < -0.3 is 9.47 Å². The summed E-state index contributed by atoms with van der Waals surface area (Å²) in [6, 6.07) is 11.2. The van der Waals surface area contributed by atoms with Crippen molar-refractivity contribution in [2.45, 2.75) is 20.8 Å². The van der Waals surface area contributed by atoms with E-state index >= 15 is 0 Å². The van der Waals surface area contributed by atoms with Gasteiger partial charge in [0.1, 0.15) is 0 Å². The van der Waals surface area contributed by atoms with Crippen molar-refractivity contribution in [2.75, 3.05) is 6.79 Å². The SMILES string of the molecule is C/C(=N\NC(=O)c1ccc2c(c1)OCO2)c1ccc(C)c(C)c1. The van der Waals surface area contributed by atoms with E-state index in [0.29, 0.717) is 17.1 Å². The Morgan fingerprint density at radius 3 is 2.52 bits per heavy atom. The van der Waals surface area contributed by atoms with E-state index in [9.17, 15) is 4.79 Å². The molecule has 0 radical (unpaired) electrons. The summed E-state index contributed by atoms with van der Waals surface area (Å²) in [6.07, 6.45) is 0. The second-order valence-electron chi connectivity index (χ2n) is 5.51. The third kappa shape index (κ3) is 3.18. The van der Waals surface area contributed by atoms with Crippen molar-refractivity contribution in [1.82, 2.24) is 5.43 Å². The summed E-state index contributed by atoms with van der Waals surface area (Å²) in [7, 11) is 0. The summed E-state index contributed by atoms with van der Waals surface area (Å²) in [5, 5.41) is 4.18. The molecule has 0 saturated carbocycles. The topological polar surface area (TPSA) is 59.9 Å². The number of hydrogen-bond acceptors (Lipinski definition) is 4. The Hall–Kier alpha value is -2.82. The van der Waals surface area contributed by atoms with Gasteiger partial charge in [-0.1, -0.05) is 12.1 Å². The van der Waals surface area contributed by atoms with Crippen LogP contribution in [0.2, 0.25) is 0 Å². The van der Waals surface area contributed by atoms with Gasteiger partial charge >= 0.3 is 0 Å². The Bertz CT molecular complexity index is 797. The van der Waals surface area contributed by atoms with Crippen LogP contribution >= 0.6 is 0 Å². The minimum atomic E-state index is -0.286. The van der Waals surface area contributed by atoms with Crippen LogP contribution in [0.1, 0.15) is 34.0 Å². The van der Waals surface area contributed by atoms with Crippen LogP contribution in [0.3, 0.4) is 0 Å². The molecule has 1 N–H and O–H groups in total. The van der Waals surface area contributed by atoms with Gasteiger partial charge in [-0.15, -0.1) is 0 Å². The molecular weight excluding hydrogens is 292 g/mol. The number of carbonyl (C=O) groups excluding carboxylic acids is 1. The van der Waals surface area contributed by atoms with Crippen LogP contribution in [0.4, 0.5) is 0 Å². The maximum atomic E-state index is 12.2. The van der Waals surface area contributed by atoms with Crippen LogP contribution in [0.5, 0.6) is 11.5 Å². The molecule has 0 saturated heterocycles. The first-order chi connectivity index (χ1) is 11.0. The highest BCUT2D eigenvalue weighted by Gasteiger charge is 2.16. The smallest absolute Gasteiger partial charge is 0.271 e. The average Bonchev–Trinajstić information content (AvgIpc) is 3.02. The maximum absolute atomic E-state index is 12.2. The third-order valence-corrected chi connectivity index (χ3v) is 3.88. The number of amides is 1. The number of nitrogens with one attached hydrogen (secondary N) is 1. The van der Waals surface area contributed by atoms with E-state index < -0.39 is 0 Å². The van der Waals surface area contributed by atoms with Crippen LogP contribution in [0, 0.1) is 13.8 Å². The second kappa shape index (κ2) is 6.12. The summed E-state index contributed by atoms with van der Waals surface area (Å²) in [4.78, 5) is 12.2. The number of carbonyl (C=O) groups is 1. The standard InChI is InChI=1S/C18H18N2O3/c1-11-4-5-14(8-12(11)2)13(3)19-20-18(21)15-6-7-16-17(9-15)23-10-22-16/h4-9H,10H2,1-3H3,(H,20,21)/b19-13+. The minimum Gasteiger partial charge on any atom is -0.454 e. The summed E-state index contributed by atoms with van der Waals surface area (Å²) in [5.41, 5.74) is 7.21. The highest BCUT2D eigenvalue weighted by molar-refractivity contribution is 6.01. The Morgan fingerprint density at radius 1 is 1.00 bits per heavy atom. The van der Waals surface area contributed by atoms with E-state index in [4.69, 9.17) is 9.47 Å². The van der Waals surface area contributed by atoms with Crippen molar-refractivity contribution in [3.05, 3.63) is 58.7 Å². The Balaban J connectivity index is 1.73. The fraction of sp³-hybridized carbons (Fsp3) is 0.222. The molecule has 5 heteroatoms. The lowest BCUT2D eigenvalue weighted by Crippen LogP contribution is -2.19. The molecule has 1 heterocycles. The van der Waals surface area contributed by atoms with Crippen LogP contribution in [0.15, 0.2) is 41.5 Å². The van der Waals surface area contributed by atoms with Crippen LogP contribution in [0.25, 0.3) is 0 Å². The van der Waals surface area contributed by atoms with E-state index in [1.54, 1.807) is 18.2 Å². The molecule has 0 unspecified atom stereocenters. The predicted octanol–water partition coefficient (Wildman–Crippen LogP) is 3.19. The number of ether oxygens (including phenoxy) is 2. The highest BCUT2D eigenvalue weighted by atomic mass is 16.7. The molecule has 0 aliphatic carbocycles. The summed E-state index contributed by atoms with van der Waals surface area (Å²) in [5.74, 6) is 0.940. The number of rotatable bonds is 3. The van der Waals surface area contributed by atoms with Gasteiger partial charge in [0.25, 0.3) is 5.91 Å². The monoisotopic (exact) mass is 310 g/mol. The van der Waals surface area contributed by atoms with Gasteiger partial charge in [-0.25, -0.2) is 5.43 Å². The van der Waals surface area contributed by atoms with Gasteiger partial charge in [0.15, 0.2) is 11.5 Å². The molecule has 23 heavy (non-hydrogen) atoms. The van der Waals surface area contributed by atoms with Crippen molar-refractivity contribution >= 4 is 11.6 Å². The molecule has 2 aromatic rings. The predicted molar refractivity (Wildman–Crippen MR) is 88.2 cm³/mol. The zero-order valence-electron chi connectivity index (χ0n) is 13.3. The molecule has 2 aromatic carbocycles. The number of nitrogens with zero attached hydrogens (tertiary/aromatic N) is 1. The number of fused-ring (bicyclic) bond motifs is 1. The normalized spacial score (nSPS) is 13.1. The summed E-state index contributed by atoms with van der Waals surface area (Å²) >= 11 is 0. The molecule has 3 rings (SSSR count). The molecule has 1 aliphatic rings. The van der Waals surface area contributed by atoms with Gasteiger partial charge in [0.05, 0.1) is 5.71 Å². The van der Waals surface area contributed by atoms with Crippen molar-refractivity contribution in [1.29, 1.82) is 0 Å². The van der Waals surface area contributed by atoms with Crippen molar-refractivity contribution in [3.63, 3.8) is 0 Å². The molecule has 0 aromatic heterocycles. The van der Waals surface area contributed by atoms with Crippen LogP contribution < -0.4 is 14.9 Å². The second-order valence-corrected chi connectivity index (χ2v) is 5.51. The lowest BCUT2D eigenvalue weighted by molar-refractivity contribution is 0.0954. The van der Waals surface area contributed by atoms with Crippen molar-refractivity contribution in [3.8, 4) is 11.5 Å². The zero-order valence-corrected chi connectivity index (χ0v) is 13.3. The Labute approximate surface area is 134 Å². The molecule has 5 nitrogen and oxygen atoms in total. The maximum Gasteiger partial charge on any atom is 0.271 e. The number of hydrazone groups is 1. The number of aryl methyl sites for hydroxylation is 2. The summed E-state index contributed by atoms with van der Waals surface area (Å²) in [6.45, 7) is 6.17. The van der Waals surface area contributed by atoms with Gasteiger partial charge in [-0.2, -0.15) is 5.10 Å². The van der Waals surface area contributed by atoms with Gasteiger partial charge in [0.2, 0.25) is 6.79 Å². The van der Waals surface area contributed by atoms with Crippen molar-refractivity contribution in [2.24, 2.45) is 5.10 Å². The molecular formula is C18H18N2O3. The lowest BCUT2D eigenvalue weighted by atomic mass is 10.0. The molecule has 0 atom stereocenters. The van der Waals surface area contributed by atoms with E-state index in [1.807, 2.05) is 19.1 Å². The van der Waals surface area contributed by atoms with Gasteiger partial charge in [0, 0.05) is 5.56 Å². The number of hydrogen-bond donors (Lipinski definition) is 1. The first-order valence-corrected chi connectivity index (χ1v) is 7.36. The van der Waals surface area contributed by atoms with E-state index in [0.717, 1.165) is 11.3 Å². The van der Waals surface area contributed by atoms with Gasteiger partial charge in [-0.05, 0) is 61.7 Å². The average molecular weight is 310 g/mol. The third-order valence-electron chi connectivity index (χ3n) is 3.88. The van der Waals surface area contributed by atoms with Crippen LogP contribution in [-0.4, -0.2) is 18.4 Å². The zero-order chi connectivity index (χ0) is 16.4. The largest absolute Gasteiger partial charge is 0.454 e. The fourth-order valence-corrected chi connectivity index (χ4v) is 2.27. The van der Waals surface area contributed by atoms with E-state index in [-0.39, 0.29) is 12.7 Å². The first-order valence-electron chi connectivity index (χ1n) is 7.36. The van der Waals surface area contributed by atoms with Crippen LogP contribution in [-0.2, 0) is 0 Å². The van der Waals surface area contributed by atoms with E-state index in [1.165, 1.54) is 11.1 Å².